The molecule has 5 heteroatoms. The second kappa shape index (κ2) is 11.8. The summed E-state index contributed by atoms with van der Waals surface area (Å²) in [5.74, 6) is -0.964. The summed E-state index contributed by atoms with van der Waals surface area (Å²) in [4.78, 5) is 10.5. The van der Waals surface area contributed by atoms with E-state index in [0.717, 1.165) is 12.8 Å². The Morgan fingerprint density at radius 2 is 1.72 bits per heavy atom. The topological polar surface area (TPSA) is 69.6 Å². The minimum atomic E-state index is -0.964. The van der Waals surface area contributed by atoms with Gasteiger partial charge in [-0.3, -0.25) is 10.1 Å². The van der Waals surface area contributed by atoms with Crippen molar-refractivity contribution in [3.63, 3.8) is 0 Å². The molecular formula is C13H27NO3S. The molecule has 0 aliphatic carbocycles. The van der Waals surface area contributed by atoms with Crippen molar-refractivity contribution in [2.45, 2.75) is 69.8 Å². The number of aliphatic hydroxyl groups excluding tert-OH is 1. The molecule has 0 aromatic carbocycles. The number of thiol groups is 1. The van der Waals surface area contributed by atoms with Crippen LogP contribution in [0.2, 0.25) is 0 Å². The standard InChI is InChI=1S/C13H27NO3S/c1-2-3-4-5-6-7-8-9-12(15)14-10-11(18)13(16)17/h11-12,14-15,18H,2-10H2,1H3,(H,16,17). The van der Waals surface area contributed by atoms with Gasteiger partial charge in [-0.2, -0.15) is 12.6 Å². The zero-order valence-corrected chi connectivity index (χ0v) is 12.2. The number of carboxylic acids is 1. The number of unbranched alkanes of at least 4 members (excludes halogenated alkanes) is 6. The Labute approximate surface area is 116 Å². The quantitative estimate of drug-likeness (QED) is 0.251. The van der Waals surface area contributed by atoms with Crippen molar-refractivity contribution in [2.75, 3.05) is 6.54 Å². The van der Waals surface area contributed by atoms with Crippen LogP contribution < -0.4 is 5.32 Å². The van der Waals surface area contributed by atoms with Gasteiger partial charge in [-0.1, -0.05) is 45.4 Å². The summed E-state index contributed by atoms with van der Waals surface area (Å²) in [7, 11) is 0. The van der Waals surface area contributed by atoms with Gasteiger partial charge in [-0.15, -0.1) is 0 Å². The fourth-order valence-corrected chi connectivity index (χ4v) is 1.84. The maximum Gasteiger partial charge on any atom is 0.317 e. The van der Waals surface area contributed by atoms with E-state index in [2.05, 4.69) is 24.9 Å². The van der Waals surface area contributed by atoms with Crippen molar-refractivity contribution >= 4 is 18.6 Å². The van der Waals surface area contributed by atoms with Gasteiger partial charge in [-0.25, -0.2) is 0 Å². The molecule has 18 heavy (non-hydrogen) atoms. The zero-order valence-electron chi connectivity index (χ0n) is 11.3. The number of carbonyl (C=O) groups is 1. The lowest BCUT2D eigenvalue weighted by Gasteiger charge is -2.14. The molecule has 0 aliphatic rings. The monoisotopic (exact) mass is 277 g/mol. The number of carboxylic acid groups (broad SMARTS) is 1. The minimum absolute atomic E-state index is 0.191. The summed E-state index contributed by atoms with van der Waals surface area (Å²) in [6.07, 6.45) is 8.53. The third kappa shape index (κ3) is 10.9. The molecule has 0 aromatic heterocycles. The highest BCUT2D eigenvalue weighted by Gasteiger charge is 2.13. The van der Waals surface area contributed by atoms with E-state index in [1.54, 1.807) is 0 Å². The summed E-state index contributed by atoms with van der Waals surface area (Å²) in [5.41, 5.74) is 0. The summed E-state index contributed by atoms with van der Waals surface area (Å²) < 4.78 is 0. The number of nitrogens with one attached hydrogen (secondary N) is 1. The van der Waals surface area contributed by atoms with E-state index in [-0.39, 0.29) is 6.54 Å². The van der Waals surface area contributed by atoms with Crippen LogP contribution in [0, 0.1) is 0 Å². The van der Waals surface area contributed by atoms with Crippen LogP contribution in [0.15, 0.2) is 0 Å². The van der Waals surface area contributed by atoms with Crippen LogP contribution in [0.1, 0.15) is 58.3 Å². The van der Waals surface area contributed by atoms with Gasteiger partial charge in [0.05, 0.1) is 0 Å². The van der Waals surface area contributed by atoms with E-state index >= 15 is 0 Å². The van der Waals surface area contributed by atoms with Crippen molar-refractivity contribution in [3.05, 3.63) is 0 Å². The maximum atomic E-state index is 10.5. The molecule has 0 saturated carbocycles. The first-order chi connectivity index (χ1) is 8.57. The van der Waals surface area contributed by atoms with E-state index in [1.165, 1.54) is 32.1 Å². The molecule has 2 unspecified atom stereocenters. The van der Waals surface area contributed by atoms with Gasteiger partial charge in [-0.05, 0) is 12.8 Å². The van der Waals surface area contributed by atoms with Crippen LogP contribution in [-0.4, -0.2) is 34.2 Å². The molecule has 3 N–H and O–H groups in total. The Hall–Kier alpha value is -0.260. The van der Waals surface area contributed by atoms with Crippen LogP contribution in [0.4, 0.5) is 0 Å². The second-order valence-corrected chi connectivity index (χ2v) is 5.31. The smallest absolute Gasteiger partial charge is 0.317 e. The summed E-state index contributed by atoms with van der Waals surface area (Å²) in [6, 6.07) is 0. The molecule has 108 valence electrons. The molecule has 0 rings (SSSR count). The van der Waals surface area contributed by atoms with Crippen LogP contribution in [0.3, 0.4) is 0 Å². The molecule has 0 bridgehead atoms. The molecule has 0 amide bonds. The minimum Gasteiger partial charge on any atom is -0.480 e. The zero-order chi connectivity index (χ0) is 13.8. The van der Waals surface area contributed by atoms with Crippen molar-refractivity contribution in [3.8, 4) is 0 Å². The molecule has 4 nitrogen and oxygen atoms in total. The van der Waals surface area contributed by atoms with Crippen LogP contribution in [0.25, 0.3) is 0 Å². The average molecular weight is 277 g/mol. The summed E-state index contributed by atoms with van der Waals surface area (Å²) >= 11 is 3.88. The first kappa shape index (κ1) is 17.7. The lowest BCUT2D eigenvalue weighted by Crippen LogP contribution is -2.36. The number of rotatable bonds is 12. The van der Waals surface area contributed by atoms with Crippen LogP contribution in [0.5, 0.6) is 0 Å². The third-order valence-electron chi connectivity index (χ3n) is 2.91. The maximum absolute atomic E-state index is 10.5. The van der Waals surface area contributed by atoms with Gasteiger partial charge in [0.15, 0.2) is 0 Å². The first-order valence-corrected chi connectivity index (χ1v) is 7.42. The first-order valence-electron chi connectivity index (χ1n) is 6.90. The lowest BCUT2D eigenvalue weighted by molar-refractivity contribution is -0.136. The van der Waals surface area contributed by atoms with E-state index in [0.29, 0.717) is 6.42 Å². The Morgan fingerprint density at radius 3 is 2.28 bits per heavy atom. The average Bonchev–Trinajstić information content (AvgIpc) is 2.34. The molecule has 0 spiro atoms. The predicted octanol–water partition coefficient (Wildman–Crippen LogP) is 2.42. The van der Waals surface area contributed by atoms with Crippen molar-refractivity contribution in [1.29, 1.82) is 0 Å². The Kier molecular flexibility index (Phi) is 11.6. The van der Waals surface area contributed by atoms with Gasteiger partial charge in [0, 0.05) is 6.54 Å². The Bertz CT molecular complexity index is 214. The SMILES string of the molecule is CCCCCCCCCC(O)NCC(S)C(=O)O. The van der Waals surface area contributed by atoms with Gasteiger partial charge < -0.3 is 10.2 Å². The second-order valence-electron chi connectivity index (χ2n) is 4.69. The molecule has 0 saturated heterocycles. The molecule has 0 radical (unpaired) electrons. The largest absolute Gasteiger partial charge is 0.480 e. The van der Waals surface area contributed by atoms with Gasteiger partial charge in [0.2, 0.25) is 0 Å². The van der Waals surface area contributed by atoms with E-state index < -0.39 is 17.4 Å². The molecular weight excluding hydrogens is 250 g/mol. The predicted molar refractivity (Wildman–Crippen MR) is 77.0 cm³/mol. The molecule has 0 heterocycles. The van der Waals surface area contributed by atoms with Gasteiger partial charge in [0.1, 0.15) is 11.5 Å². The van der Waals surface area contributed by atoms with Gasteiger partial charge >= 0.3 is 5.97 Å². The van der Waals surface area contributed by atoms with E-state index in [4.69, 9.17) is 5.11 Å². The molecule has 2 atom stereocenters. The summed E-state index contributed by atoms with van der Waals surface area (Å²) in [5, 5.41) is 20.2. The molecule has 0 aromatic rings. The highest BCUT2D eigenvalue weighted by atomic mass is 32.1. The third-order valence-corrected chi connectivity index (χ3v) is 3.32. The van der Waals surface area contributed by atoms with Crippen molar-refractivity contribution in [2.24, 2.45) is 0 Å². The Morgan fingerprint density at radius 1 is 1.17 bits per heavy atom. The van der Waals surface area contributed by atoms with Crippen LogP contribution in [-0.2, 0) is 4.79 Å². The highest BCUT2D eigenvalue weighted by Crippen LogP contribution is 2.09. The van der Waals surface area contributed by atoms with Crippen molar-refractivity contribution in [1.82, 2.24) is 5.32 Å². The number of aliphatic hydroxyl groups is 1. The summed E-state index contributed by atoms with van der Waals surface area (Å²) in [6.45, 7) is 2.39. The van der Waals surface area contributed by atoms with Crippen LogP contribution >= 0.6 is 12.6 Å². The molecule has 0 aliphatic heterocycles. The number of hydrogen-bond donors (Lipinski definition) is 4. The normalized spacial score (nSPS) is 14.4. The molecule has 0 fully saturated rings. The Balaban J connectivity index is 3.31. The fraction of sp³-hybridized carbons (Fsp3) is 0.923. The lowest BCUT2D eigenvalue weighted by atomic mass is 10.1. The number of hydrogen-bond acceptors (Lipinski definition) is 4. The van der Waals surface area contributed by atoms with E-state index in [1.807, 2.05) is 0 Å². The van der Waals surface area contributed by atoms with Gasteiger partial charge in [0.25, 0.3) is 0 Å². The number of aliphatic carboxylic acids is 1. The van der Waals surface area contributed by atoms with E-state index in [9.17, 15) is 9.90 Å². The fourth-order valence-electron chi connectivity index (χ4n) is 1.73. The van der Waals surface area contributed by atoms with Crippen molar-refractivity contribution < 1.29 is 15.0 Å². The highest BCUT2D eigenvalue weighted by molar-refractivity contribution is 7.81.